The van der Waals surface area contributed by atoms with Gasteiger partial charge in [0.25, 0.3) is 0 Å². The van der Waals surface area contributed by atoms with Gasteiger partial charge in [-0.05, 0) is 38.3 Å². The summed E-state index contributed by atoms with van der Waals surface area (Å²) >= 11 is 1.36. The van der Waals surface area contributed by atoms with Crippen LogP contribution in [0.5, 0.6) is 0 Å². The number of aromatic nitrogens is 3. The van der Waals surface area contributed by atoms with E-state index in [1.807, 2.05) is 4.68 Å². The summed E-state index contributed by atoms with van der Waals surface area (Å²) in [5.74, 6) is -0.343. The third-order valence-corrected chi connectivity index (χ3v) is 5.18. The van der Waals surface area contributed by atoms with Gasteiger partial charge in [-0.3, -0.25) is 4.68 Å². The summed E-state index contributed by atoms with van der Waals surface area (Å²) in [6, 6.07) is 3.39. The molecular formula is C18H21N3O4S. The maximum atomic E-state index is 12.3. The molecule has 3 heterocycles. The van der Waals surface area contributed by atoms with Crippen molar-refractivity contribution in [1.82, 2.24) is 14.8 Å². The summed E-state index contributed by atoms with van der Waals surface area (Å²) in [5, 5.41) is 5.16. The normalized spacial score (nSPS) is 13.2. The molecule has 3 rings (SSSR count). The molecule has 1 aliphatic rings. The van der Waals surface area contributed by atoms with Crippen LogP contribution >= 0.6 is 11.8 Å². The molecule has 0 unspecified atom stereocenters. The first-order chi connectivity index (χ1) is 12.7. The van der Waals surface area contributed by atoms with Crippen LogP contribution in [0.2, 0.25) is 0 Å². The number of methoxy groups -OCH3 is 1. The van der Waals surface area contributed by atoms with Gasteiger partial charge in [0.1, 0.15) is 10.6 Å². The minimum atomic E-state index is -0.402. The Bertz CT molecular complexity index is 819. The van der Waals surface area contributed by atoms with Gasteiger partial charge < -0.3 is 9.47 Å². The molecule has 7 nitrogen and oxygen atoms in total. The molecule has 2 aromatic rings. The minimum Gasteiger partial charge on any atom is -0.465 e. The molecule has 26 heavy (non-hydrogen) atoms. The Morgan fingerprint density at radius 2 is 2.15 bits per heavy atom. The second-order valence-corrected chi connectivity index (χ2v) is 6.77. The number of carbonyl (C=O) groups excluding carboxylic acids is 2. The fourth-order valence-electron chi connectivity index (χ4n) is 2.99. The summed E-state index contributed by atoms with van der Waals surface area (Å²) in [6.07, 6.45) is 4.54. The monoisotopic (exact) mass is 375 g/mol. The van der Waals surface area contributed by atoms with Crippen LogP contribution in [0.4, 0.5) is 0 Å². The molecule has 1 aliphatic heterocycles. The number of nitrogens with zero attached hydrogens (tertiary/aromatic N) is 3. The number of pyridine rings is 1. The zero-order valence-electron chi connectivity index (χ0n) is 14.9. The van der Waals surface area contributed by atoms with Gasteiger partial charge >= 0.3 is 11.9 Å². The standard InChI is InChI=1S/C18H21N3O4S/c1-3-25-17(22)12-7-6-9-19-16(12)26-11-13-15(18(23)24-2)14-8-4-5-10-21(14)20-13/h6-7,9H,3-5,8,10-11H2,1-2H3. The highest BCUT2D eigenvalue weighted by Gasteiger charge is 2.26. The van der Waals surface area contributed by atoms with Crippen LogP contribution in [-0.2, 0) is 28.2 Å². The van der Waals surface area contributed by atoms with Gasteiger partial charge in [-0.2, -0.15) is 5.10 Å². The van der Waals surface area contributed by atoms with Gasteiger partial charge in [0, 0.05) is 18.5 Å². The lowest BCUT2D eigenvalue weighted by Gasteiger charge is -2.13. The Balaban J connectivity index is 1.86. The van der Waals surface area contributed by atoms with Crippen LogP contribution in [0.15, 0.2) is 23.4 Å². The molecular weight excluding hydrogens is 354 g/mol. The van der Waals surface area contributed by atoms with Gasteiger partial charge in [0.15, 0.2) is 0 Å². The average molecular weight is 375 g/mol. The van der Waals surface area contributed by atoms with Gasteiger partial charge in [-0.1, -0.05) is 11.8 Å². The number of esters is 2. The molecule has 0 saturated carbocycles. The number of ether oxygens (including phenoxy) is 2. The molecule has 0 saturated heterocycles. The molecule has 2 aromatic heterocycles. The second-order valence-electron chi connectivity index (χ2n) is 5.81. The third kappa shape index (κ3) is 3.75. The van der Waals surface area contributed by atoms with Crippen molar-refractivity contribution in [3.05, 3.63) is 40.8 Å². The molecule has 0 N–H and O–H groups in total. The molecule has 0 radical (unpaired) electrons. The topological polar surface area (TPSA) is 83.3 Å². The van der Waals surface area contributed by atoms with Crippen molar-refractivity contribution in [1.29, 1.82) is 0 Å². The molecule has 0 amide bonds. The number of rotatable bonds is 6. The van der Waals surface area contributed by atoms with E-state index in [1.54, 1.807) is 25.3 Å². The minimum absolute atomic E-state index is 0.304. The molecule has 0 fully saturated rings. The van der Waals surface area contributed by atoms with E-state index in [9.17, 15) is 9.59 Å². The van der Waals surface area contributed by atoms with Gasteiger partial charge in [0.2, 0.25) is 0 Å². The molecule has 0 atom stereocenters. The average Bonchev–Trinajstić information content (AvgIpc) is 3.04. The molecule has 8 heteroatoms. The number of carbonyl (C=O) groups is 2. The highest BCUT2D eigenvalue weighted by atomic mass is 32.2. The molecule has 138 valence electrons. The van der Waals surface area contributed by atoms with E-state index in [4.69, 9.17) is 9.47 Å². The zero-order valence-corrected chi connectivity index (χ0v) is 15.7. The maximum absolute atomic E-state index is 12.3. The Hall–Kier alpha value is -2.35. The lowest BCUT2D eigenvalue weighted by molar-refractivity contribution is 0.0520. The first kappa shape index (κ1) is 18.4. The second kappa shape index (κ2) is 8.35. The lowest BCUT2D eigenvalue weighted by atomic mass is 10.1. The number of aryl methyl sites for hydroxylation is 1. The number of hydrogen-bond donors (Lipinski definition) is 0. The Morgan fingerprint density at radius 1 is 1.31 bits per heavy atom. The van der Waals surface area contributed by atoms with Crippen LogP contribution < -0.4 is 0 Å². The van der Waals surface area contributed by atoms with Crippen molar-refractivity contribution in [2.24, 2.45) is 0 Å². The summed E-state index contributed by atoms with van der Waals surface area (Å²) in [5.41, 5.74) is 2.57. The SMILES string of the molecule is CCOC(=O)c1cccnc1SCc1nn2c(c1C(=O)OC)CCCC2. The number of thioether (sulfide) groups is 1. The Kier molecular flexibility index (Phi) is 5.92. The van der Waals surface area contributed by atoms with Crippen molar-refractivity contribution in [3.8, 4) is 0 Å². The molecule has 0 bridgehead atoms. The van der Waals surface area contributed by atoms with Crippen molar-refractivity contribution in [2.75, 3.05) is 13.7 Å². The Morgan fingerprint density at radius 3 is 2.92 bits per heavy atom. The smallest absolute Gasteiger partial charge is 0.341 e. The Labute approximate surface area is 156 Å². The van der Waals surface area contributed by atoms with Gasteiger partial charge in [0.05, 0.1) is 30.7 Å². The van der Waals surface area contributed by atoms with Crippen molar-refractivity contribution in [2.45, 2.75) is 43.5 Å². The van der Waals surface area contributed by atoms with E-state index in [-0.39, 0.29) is 5.97 Å². The summed E-state index contributed by atoms with van der Waals surface area (Å²) < 4.78 is 11.9. The van der Waals surface area contributed by atoms with Crippen LogP contribution in [-0.4, -0.2) is 40.4 Å². The predicted molar refractivity (Wildman–Crippen MR) is 96.3 cm³/mol. The molecule has 0 aromatic carbocycles. The summed E-state index contributed by atoms with van der Waals surface area (Å²) in [4.78, 5) is 28.6. The molecule has 0 aliphatic carbocycles. The van der Waals surface area contributed by atoms with E-state index in [2.05, 4.69) is 10.1 Å². The van der Waals surface area contributed by atoms with Crippen molar-refractivity contribution in [3.63, 3.8) is 0 Å². The van der Waals surface area contributed by atoms with E-state index < -0.39 is 5.97 Å². The van der Waals surface area contributed by atoms with Crippen molar-refractivity contribution >= 4 is 23.7 Å². The van der Waals surface area contributed by atoms with E-state index in [0.29, 0.717) is 34.2 Å². The maximum Gasteiger partial charge on any atom is 0.341 e. The summed E-state index contributed by atoms with van der Waals surface area (Å²) in [6.45, 7) is 2.87. The lowest BCUT2D eigenvalue weighted by Crippen LogP contribution is -2.14. The molecule has 0 spiro atoms. The zero-order chi connectivity index (χ0) is 18.5. The third-order valence-electron chi connectivity index (χ3n) is 4.17. The van der Waals surface area contributed by atoms with E-state index >= 15 is 0 Å². The number of fused-ring (bicyclic) bond motifs is 1. The van der Waals surface area contributed by atoms with Gasteiger partial charge in [-0.15, -0.1) is 0 Å². The van der Waals surface area contributed by atoms with E-state index in [0.717, 1.165) is 31.5 Å². The van der Waals surface area contributed by atoms with Crippen LogP contribution in [0.25, 0.3) is 0 Å². The quantitative estimate of drug-likeness (QED) is 0.567. The predicted octanol–water partition coefficient (Wildman–Crippen LogP) is 2.87. The fourth-order valence-corrected chi connectivity index (χ4v) is 3.91. The fraction of sp³-hybridized carbons (Fsp3) is 0.444. The number of hydrogen-bond acceptors (Lipinski definition) is 7. The highest BCUT2D eigenvalue weighted by molar-refractivity contribution is 7.98. The van der Waals surface area contributed by atoms with Crippen LogP contribution in [0, 0.1) is 0 Å². The first-order valence-electron chi connectivity index (χ1n) is 8.57. The van der Waals surface area contributed by atoms with Crippen LogP contribution in [0.1, 0.15) is 51.9 Å². The summed E-state index contributed by atoms with van der Waals surface area (Å²) in [7, 11) is 1.38. The largest absolute Gasteiger partial charge is 0.465 e. The first-order valence-corrected chi connectivity index (χ1v) is 9.56. The van der Waals surface area contributed by atoms with Gasteiger partial charge in [-0.25, -0.2) is 14.6 Å². The van der Waals surface area contributed by atoms with Crippen molar-refractivity contribution < 1.29 is 19.1 Å². The highest BCUT2D eigenvalue weighted by Crippen LogP contribution is 2.29. The van der Waals surface area contributed by atoms with Crippen LogP contribution in [0.3, 0.4) is 0 Å². The van der Waals surface area contributed by atoms with E-state index in [1.165, 1.54) is 18.9 Å².